The highest BCUT2D eigenvalue weighted by atomic mass is 16.2. The molecule has 0 aliphatic carbocycles. The van der Waals surface area contributed by atoms with Crippen LogP contribution in [0.25, 0.3) is 10.9 Å². The quantitative estimate of drug-likeness (QED) is 0.789. The van der Waals surface area contributed by atoms with Gasteiger partial charge in [-0.05, 0) is 25.0 Å². The number of hydrogen-bond acceptors (Lipinski definition) is 1. The number of carbonyl (C=O) groups excluding carboxylic acids is 1. The summed E-state index contributed by atoms with van der Waals surface area (Å²) in [4.78, 5) is 17.2. The van der Waals surface area contributed by atoms with Crippen LogP contribution >= 0.6 is 0 Å². The van der Waals surface area contributed by atoms with Gasteiger partial charge in [-0.15, -0.1) is 6.58 Å². The first-order chi connectivity index (χ1) is 9.26. The molecule has 0 aliphatic heterocycles. The van der Waals surface area contributed by atoms with Gasteiger partial charge in [0.05, 0.1) is 0 Å². The number of aromatic amines is 1. The van der Waals surface area contributed by atoms with Gasteiger partial charge in [0.15, 0.2) is 0 Å². The first-order valence-electron chi connectivity index (χ1n) is 6.70. The molecule has 1 heterocycles. The Morgan fingerprint density at radius 3 is 2.95 bits per heavy atom. The van der Waals surface area contributed by atoms with E-state index in [1.165, 1.54) is 10.9 Å². The number of fused-ring (bicyclic) bond motifs is 1. The molecule has 0 atom stereocenters. The molecule has 2 aromatic rings. The van der Waals surface area contributed by atoms with Gasteiger partial charge in [-0.3, -0.25) is 4.79 Å². The van der Waals surface area contributed by atoms with Crippen LogP contribution in [0.2, 0.25) is 0 Å². The zero-order valence-electron chi connectivity index (χ0n) is 11.4. The molecule has 2 rings (SSSR count). The Labute approximate surface area is 113 Å². The van der Waals surface area contributed by atoms with E-state index in [1.54, 1.807) is 6.08 Å². The van der Waals surface area contributed by atoms with Crippen molar-refractivity contribution in [1.82, 2.24) is 9.88 Å². The highest BCUT2D eigenvalue weighted by Gasteiger charge is 2.13. The average molecular weight is 256 g/mol. The summed E-state index contributed by atoms with van der Waals surface area (Å²) in [5.74, 6) is 0.188. The van der Waals surface area contributed by atoms with E-state index in [2.05, 4.69) is 23.7 Å². The Hall–Kier alpha value is -2.03. The van der Waals surface area contributed by atoms with Crippen molar-refractivity contribution in [3.63, 3.8) is 0 Å². The second-order valence-corrected chi connectivity index (χ2v) is 4.59. The summed E-state index contributed by atoms with van der Waals surface area (Å²) >= 11 is 0. The van der Waals surface area contributed by atoms with Gasteiger partial charge in [-0.1, -0.05) is 24.3 Å². The zero-order chi connectivity index (χ0) is 13.7. The Bertz CT molecular complexity index is 571. The molecule has 0 radical (unpaired) electrons. The first kappa shape index (κ1) is 13.4. The van der Waals surface area contributed by atoms with E-state index in [0.29, 0.717) is 13.0 Å². The van der Waals surface area contributed by atoms with Gasteiger partial charge in [0.1, 0.15) is 0 Å². The largest absolute Gasteiger partial charge is 0.361 e. The number of amides is 1. The Balaban J connectivity index is 2.13. The third kappa shape index (κ3) is 3.05. The number of H-pyrrole nitrogens is 1. The normalized spacial score (nSPS) is 10.6. The van der Waals surface area contributed by atoms with E-state index >= 15 is 0 Å². The Kier molecular flexibility index (Phi) is 4.39. The Morgan fingerprint density at radius 1 is 1.42 bits per heavy atom. The fourth-order valence-corrected chi connectivity index (χ4v) is 2.23. The SMILES string of the molecule is C=CCCC(=O)N(CC)Cc1c[nH]c2ccccc12. The van der Waals surface area contributed by atoms with Gasteiger partial charge >= 0.3 is 0 Å². The smallest absolute Gasteiger partial charge is 0.223 e. The van der Waals surface area contributed by atoms with Crippen LogP contribution in [0.1, 0.15) is 25.3 Å². The first-order valence-corrected chi connectivity index (χ1v) is 6.70. The standard InChI is InChI=1S/C16H20N2O/c1-3-5-10-16(19)18(4-2)12-13-11-17-15-9-7-6-8-14(13)15/h3,6-9,11,17H,1,4-5,10,12H2,2H3. The van der Waals surface area contributed by atoms with E-state index in [9.17, 15) is 4.79 Å². The molecule has 0 bridgehead atoms. The van der Waals surface area contributed by atoms with E-state index in [-0.39, 0.29) is 5.91 Å². The van der Waals surface area contributed by atoms with E-state index in [4.69, 9.17) is 0 Å². The Morgan fingerprint density at radius 2 is 2.21 bits per heavy atom. The molecule has 100 valence electrons. The third-order valence-electron chi connectivity index (χ3n) is 3.33. The number of para-hydroxylation sites is 1. The summed E-state index contributed by atoms with van der Waals surface area (Å²) in [6.07, 6.45) is 5.06. The predicted molar refractivity (Wildman–Crippen MR) is 78.8 cm³/mol. The summed E-state index contributed by atoms with van der Waals surface area (Å²) in [5, 5.41) is 1.19. The lowest BCUT2D eigenvalue weighted by Crippen LogP contribution is -2.29. The highest BCUT2D eigenvalue weighted by Crippen LogP contribution is 2.19. The molecule has 3 nitrogen and oxygen atoms in total. The topological polar surface area (TPSA) is 36.1 Å². The number of hydrogen-bond donors (Lipinski definition) is 1. The monoisotopic (exact) mass is 256 g/mol. The van der Waals surface area contributed by atoms with Crippen molar-refractivity contribution < 1.29 is 4.79 Å². The minimum atomic E-state index is 0.188. The lowest BCUT2D eigenvalue weighted by Gasteiger charge is -2.20. The van der Waals surface area contributed by atoms with Crippen molar-refractivity contribution in [3.8, 4) is 0 Å². The van der Waals surface area contributed by atoms with Gasteiger partial charge in [0, 0.05) is 36.6 Å². The number of nitrogens with one attached hydrogen (secondary N) is 1. The fraction of sp³-hybridized carbons (Fsp3) is 0.312. The second kappa shape index (κ2) is 6.23. The predicted octanol–water partition coefficient (Wildman–Crippen LogP) is 3.48. The van der Waals surface area contributed by atoms with Gasteiger partial charge in [0.2, 0.25) is 5.91 Å². The number of nitrogens with zero attached hydrogens (tertiary/aromatic N) is 1. The summed E-state index contributed by atoms with van der Waals surface area (Å²) in [6, 6.07) is 8.17. The van der Waals surface area contributed by atoms with E-state index in [0.717, 1.165) is 18.5 Å². The van der Waals surface area contributed by atoms with Gasteiger partial charge in [-0.2, -0.15) is 0 Å². The van der Waals surface area contributed by atoms with Crippen LogP contribution in [0.4, 0.5) is 0 Å². The van der Waals surface area contributed by atoms with Crippen molar-refractivity contribution in [2.45, 2.75) is 26.3 Å². The molecular formula is C16H20N2O. The summed E-state index contributed by atoms with van der Waals surface area (Å²) in [6.45, 7) is 7.07. The van der Waals surface area contributed by atoms with Crippen LogP contribution in [0.5, 0.6) is 0 Å². The van der Waals surface area contributed by atoms with Crippen molar-refractivity contribution in [2.24, 2.45) is 0 Å². The van der Waals surface area contributed by atoms with Crippen LogP contribution in [0.15, 0.2) is 43.1 Å². The highest BCUT2D eigenvalue weighted by molar-refractivity contribution is 5.84. The minimum Gasteiger partial charge on any atom is -0.361 e. The van der Waals surface area contributed by atoms with Crippen molar-refractivity contribution in [2.75, 3.05) is 6.54 Å². The fourth-order valence-electron chi connectivity index (χ4n) is 2.23. The zero-order valence-corrected chi connectivity index (χ0v) is 11.4. The van der Waals surface area contributed by atoms with Crippen molar-refractivity contribution in [1.29, 1.82) is 0 Å². The molecule has 3 heteroatoms. The molecule has 1 aromatic carbocycles. The van der Waals surface area contributed by atoms with Crippen LogP contribution in [0, 0.1) is 0 Å². The number of benzene rings is 1. The molecule has 0 spiro atoms. The summed E-state index contributed by atoms with van der Waals surface area (Å²) < 4.78 is 0. The van der Waals surface area contributed by atoms with Gasteiger partial charge < -0.3 is 9.88 Å². The maximum absolute atomic E-state index is 12.1. The molecule has 0 saturated heterocycles. The number of carbonyl (C=O) groups is 1. The molecule has 1 aromatic heterocycles. The summed E-state index contributed by atoms with van der Waals surface area (Å²) in [7, 11) is 0. The molecule has 19 heavy (non-hydrogen) atoms. The van der Waals surface area contributed by atoms with Crippen LogP contribution in [-0.2, 0) is 11.3 Å². The van der Waals surface area contributed by atoms with E-state index in [1.807, 2.05) is 30.2 Å². The number of allylic oxidation sites excluding steroid dienone is 1. The molecule has 0 unspecified atom stereocenters. The molecular weight excluding hydrogens is 236 g/mol. The maximum Gasteiger partial charge on any atom is 0.223 e. The number of aromatic nitrogens is 1. The van der Waals surface area contributed by atoms with Gasteiger partial charge in [-0.25, -0.2) is 0 Å². The summed E-state index contributed by atoms with van der Waals surface area (Å²) in [5.41, 5.74) is 2.29. The van der Waals surface area contributed by atoms with Crippen LogP contribution < -0.4 is 0 Å². The minimum absolute atomic E-state index is 0.188. The molecule has 1 amide bonds. The van der Waals surface area contributed by atoms with Gasteiger partial charge in [0.25, 0.3) is 0 Å². The average Bonchev–Trinajstić information content (AvgIpc) is 2.85. The lowest BCUT2D eigenvalue weighted by atomic mass is 10.1. The van der Waals surface area contributed by atoms with Crippen LogP contribution in [0.3, 0.4) is 0 Å². The maximum atomic E-state index is 12.1. The third-order valence-corrected chi connectivity index (χ3v) is 3.33. The lowest BCUT2D eigenvalue weighted by molar-refractivity contribution is -0.131. The van der Waals surface area contributed by atoms with Crippen molar-refractivity contribution in [3.05, 3.63) is 48.7 Å². The van der Waals surface area contributed by atoms with E-state index < -0.39 is 0 Å². The molecule has 1 N–H and O–H groups in total. The second-order valence-electron chi connectivity index (χ2n) is 4.59. The number of rotatable bonds is 6. The van der Waals surface area contributed by atoms with Crippen molar-refractivity contribution >= 4 is 16.8 Å². The van der Waals surface area contributed by atoms with Crippen LogP contribution in [-0.4, -0.2) is 22.3 Å². The molecule has 0 saturated carbocycles. The molecule has 0 fully saturated rings. The molecule has 0 aliphatic rings.